The van der Waals surface area contributed by atoms with E-state index in [4.69, 9.17) is 16.3 Å². The molecule has 2 rings (SSSR count). The highest BCUT2D eigenvalue weighted by Gasteiger charge is 2.26. The van der Waals surface area contributed by atoms with Gasteiger partial charge in [0.25, 0.3) is 5.91 Å². The van der Waals surface area contributed by atoms with Gasteiger partial charge in [-0.15, -0.1) is 0 Å². The molecule has 28 heavy (non-hydrogen) atoms. The molecule has 0 aliphatic carbocycles. The molecule has 3 amide bonds. The van der Waals surface area contributed by atoms with Gasteiger partial charge in [0, 0.05) is 19.1 Å². The molecule has 9 heteroatoms. The Hall–Kier alpha value is -2.35. The SMILES string of the molecule is CC(C)(C)OC(=O)NCC(=O)N1CCC(NC(=O)c2c(F)cccc2Cl)CC1. The number of hydrogen-bond donors (Lipinski definition) is 2. The summed E-state index contributed by atoms with van der Waals surface area (Å²) in [6.07, 6.45) is 0.399. The van der Waals surface area contributed by atoms with Crippen molar-refractivity contribution in [1.29, 1.82) is 0 Å². The van der Waals surface area contributed by atoms with Crippen molar-refractivity contribution in [1.82, 2.24) is 15.5 Å². The Morgan fingerprint density at radius 2 is 1.89 bits per heavy atom. The summed E-state index contributed by atoms with van der Waals surface area (Å²) in [6, 6.07) is 3.88. The van der Waals surface area contributed by atoms with E-state index in [9.17, 15) is 18.8 Å². The molecular formula is C19H25ClFN3O4. The van der Waals surface area contributed by atoms with Gasteiger partial charge in [0.15, 0.2) is 0 Å². The Kier molecular flexibility index (Phi) is 7.23. The number of carbonyl (C=O) groups excluding carboxylic acids is 3. The minimum atomic E-state index is -0.675. The van der Waals surface area contributed by atoms with E-state index in [1.165, 1.54) is 18.2 Å². The summed E-state index contributed by atoms with van der Waals surface area (Å²) in [5.41, 5.74) is -0.811. The van der Waals surface area contributed by atoms with Crippen molar-refractivity contribution in [2.75, 3.05) is 19.6 Å². The average molecular weight is 414 g/mol. The molecular weight excluding hydrogens is 389 g/mol. The number of nitrogens with one attached hydrogen (secondary N) is 2. The van der Waals surface area contributed by atoms with Gasteiger partial charge in [0.2, 0.25) is 5.91 Å². The van der Waals surface area contributed by atoms with Gasteiger partial charge in [-0.25, -0.2) is 9.18 Å². The van der Waals surface area contributed by atoms with Crippen LogP contribution in [-0.4, -0.2) is 54.1 Å². The standard InChI is InChI=1S/C19H25ClFN3O4/c1-19(2,3)28-18(27)22-11-15(25)24-9-7-12(8-10-24)23-17(26)16-13(20)5-4-6-14(16)21/h4-6,12H,7-11H2,1-3H3,(H,22,27)(H,23,26). The largest absolute Gasteiger partial charge is 0.444 e. The van der Waals surface area contributed by atoms with Crippen LogP contribution in [0.15, 0.2) is 18.2 Å². The van der Waals surface area contributed by atoms with Crippen LogP contribution in [-0.2, 0) is 9.53 Å². The van der Waals surface area contributed by atoms with Crippen molar-refractivity contribution in [2.45, 2.75) is 45.3 Å². The van der Waals surface area contributed by atoms with Crippen LogP contribution in [0.4, 0.5) is 9.18 Å². The van der Waals surface area contributed by atoms with E-state index in [0.717, 1.165) is 0 Å². The van der Waals surface area contributed by atoms with Crippen molar-refractivity contribution in [3.05, 3.63) is 34.6 Å². The van der Waals surface area contributed by atoms with E-state index in [1.54, 1.807) is 25.7 Å². The first-order valence-electron chi connectivity index (χ1n) is 9.06. The highest BCUT2D eigenvalue weighted by molar-refractivity contribution is 6.33. The topological polar surface area (TPSA) is 87.7 Å². The molecule has 1 aliphatic rings. The summed E-state index contributed by atoms with van der Waals surface area (Å²) in [7, 11) is 0. The third-order valence-corrected chi connectivity index (χ3v) is 4.47. The molecule has 1 aliphatic heterocycles. The molecule has 2 N–H and O–H groups in total. The minimum absolute atomic E-state index is 0.0540. The quantitative estimate of drug-likeness (QED) is 0.794. The molecule has 1 saturated heterocycles. The van der Waals surface area contributed by atoms with Crippen LogP contribution in [0, 0.1) is 5.82 Å². The number of likely N-dealkylation sites (tertiary alicyclic amines) is 1. The molecule has 1 aromatic rings. The lowest BCUT2D eigenvalue weighted by Gasteiger charge is -2.32. The molecule has 0 spiro atoms. The Balaban J connectivity index is 1.78. The van der Waals surface area contributed by atoms with Crippen LogP contribution < -0.4 is 10.6 Å². The summed E-state index contributed by atoms with van der Waals surface area (Å²) in [4.78, 5) is 37.7. The Morgan fingerprint density at radius 1 is 1.25 bits per heavy atom. The maximum absolute atomic E-state index is 13.8. The number of nitrogens with zero attached hydrogens (tertiary/aromatic N) is 1. The zero-order valence-electron chi connectivity index (χ0n) is 16.2. The van der Waals surface area contributed by atoms with Gasteiger partial charge in [0.1, 0.15) is 18.0 Å². The second-order valence-electron chi connectivity index (χ2n) is 7.58. The van der Waals surface area contributed by atoms with E-state index in [-0.39, 0.29) is 29.1 Å². The maximum atomic E-state index is 13.8. The lowest BCUT2D eigenvalue weighted by atomic mass is 10.0. The van der Waals surface area contributed by atoms with Crippen LogP contribution in [0.1, 0.15) is 44.0 Å². The molecule has 0 aromatic heterocycles. The molecule has 0 radical (unpaired) electrons. The molecule has 1 aromatic carbocycles. The minimum Gasteiger partial charge on any atom is -0.444 e. The van der Waals surface area contributed by atoms with E-state index >= 15 is 0 Å². The number of rotatable bonds is 4. The fourth-order valence-electron chi connectivity index (χ4n) is 2.82. The normalized spacial score (nSPS) is 15.1. The second kappa shape index (κ2) is 9.23. The fraction of sp³-hybridized carbons (Fsp3) is 0.526. The number of amides is 3. The van der Waals surface area contributed by atoms with Gasteiger partial charge in [-0.3, -0.25) is 9.59 Å². The third kappa shape index (κ3) is 6.37. The highest BCUT2D eigenvalue weighted by atomic mass is 35.5. The van der Waals surface area contributed by atoms with Crippen molar-refractivity contribution >= 4 is 29.5 Å². The van der Waals surface area contributed by atoms with Gasteiger partial charge in [0.05, 0.1) is 10.6 Å². The first-order valence-corrected chi connectivity index (χ1v) is 9.44. The fourth-order valence-corrected chi connectivity index (χ4v) is 3.07. The third-order valence-electron chi connectivity index (χ3n) is 4.16. The first-order chi connectivity index (χ1) is 13.1. The lowest BCUT2D eigenvalue weighted by molar-refractivity contribution is -0.131. The zero-order chi connectivity index (χ0) is 20.9. The van der Waals surface area contributed by atoms with E-state index < -0.39 is 23.4 Å². The highest BCUT2D eigenvalue weighted by Crippen LogP contribution is 2.20. The number of hydrogen-bond acceptors (Lipinski definition) is 4. The molecule has 0 bridgehead atoms. The van der Waals surface area contributed by atoms with Gasteiger partial charge in [-0.2, -0.15) is 0 Å². The number of carbonyl (C=O) groups is 3. The van der Waals surface area contributed by atoms with Gasteiger partial charge in [-0.05, 0) is 45.7 Å². The molecule has 154 valence electrons. The van der Waals surface area contributed by atoms with E-state index in [2.05, 4.69) is 10.6 Å². The van der Waals surface area contributed by atoms with Crippen molar-refractivity contribution in [3.63, 3.8) is 0 Å². The van der Waals surface area contributed by atoms with Crippen molar-refractivity contribution in [3.8, 4) is 0 Å². The van der Waals surface area contributed by atoms with Crippen LogP contribution in [0.5, 0.6) is 0 Å². The van der Waals surface area contributed by atoms with E-state index in [1.807, 2.05) is 0 Å². The maximum Gasteiger partial charge on any atom is 0.408 e. The predicted octanol–water partition coefficient (Wildman–Crippen LogP) is 2.72. The first kappa shape index (κ1) is 21.9. The Labute approximate surface area is 168 Å². The molecule has 1 heterocycles. The lowest BCUT2D eigenvalue weighted by Crippen LogP contribution is -2.49. The molecule has 0 saturated carbocycles. The molecule has 0 unspecified atom stereocenters. The van der Waals surface area contributed by atoms with Crippen LogP contribution >= 0.6 is 11.6 Å². The second-order valence-corrected chi connectivity index (χ2v) is 7.99. The van der Waals surface area contributed by atoms with Gasteiger partial charge < -0.3 is 20.3 Å². The van der Waals surface area contributed by atoms with Gasteiger partial charge >= 0.3 is 6.09 Å². The van der Waals surface area contributed by atoms with Crippen molar-refractivity contribution in [2.24, 2.45) is 0 Å². The van der Waals surface area contributed by atoms with Crippen LogP contribution in [0.25, 0.3) is 0 Å². The molecule has 0 atom stereocenters. The average Bonchev–Trinajstić information content (AvgIpc) is 2.58. The molecule has 7 nitrogen and oxygen atoms in total. The smallest absolute Gasteiger partial charge is 0.408 e. The van der Waals surface area contributed by atoms with Crippen LogP contribution in [0.2, 0.25) is 5.02 Å². The van der Waals surface area contributed by atoms with Gasteiger partial charge in [-0.1, -0.05) is 17.7 Å². The number of ether oxygens (including phenoxy) is 1. The van der Waals surface area contributed by atoms with Crippen molar-refractivity contribution < 1.29 is 23.5 Å². The number of piperidine rings is 1. The number of halogens is 2. The Bertz CT molecular complexity index is 723. The predicted molar refractivity (Wildman–Crippen MR) is 103 cm³/mol. The summed E-state index contributed by atoms with van der Waals surface area (Å²) in [5.74, 6) is -1.47. The molecule has 1 fully saturated rings. The summed E-state index contributed by atoms with van der Waals surface area (Å²) >= 11 is 5.91. The van der Waals surface area contributed by atoms with Crippen LogP contribution in [0.3, 0.4) is 0 Å². The Morgan fingerprint density at radius 3 is 2.46 bits per heavy atom. The summed E-state index contributed by atoms with van der Waals surface area (Å²) in [6.45, 7) is 5.90. The monoisotopic (exact) mass is 413 g/mol. The number of alkyl carbamates (subject to hydrolysis) is 1. The number of benzene rings is 1. The zero-order valence-corrected chi connectivity index (χ0v) is 16.9. The summed E-state index contributed by atoms with van der Waals surface area (Å²) < 4.78 is 18.9. The van der Waals surface area contributed by atoms with E-state index in [0.29, 0.717) is 25.9 Å². The summed E-state index contributed by atoms with van der Waals surface area (Å²) in [5, 5.41) is 5.25.